The average Bonchev–Trinajstić information content (AvgIpc) is 3.17. The van der Waals surface area contributed by atoms with E-state index in [4.69, 9.17) is 21.6 Å². The fourth-order valence-electron chi connectivity index (χ4n) is 4.00. The first-order valence-electron chi connectivity index (χ1n) is 9.44. The topological polar surface area (TPSA) is 78.4 Å². The van der Waals surface area contributed by atoms with Crippen LogP contribution in [0.1, 0.15) is 36.0 Å². The van der Waals surface area contributed by atoms with Crippen molar-refractivity contribution in [1.29, 1.82) is 0 Å². The number of nitrogens with one attached hydrogen (secondary N) is 1. The van der Waals surface area contributed by atoms with Crippen LogP contribution < -0.4 is 5.32 Å². The zero-order valence-corrected chi connectivity index (χ0v) is 17.6. The highest BCUT2D eigenvalue weighted by Gasteiger charge is 2.39. The second-order valence-electron chi connectivity index (χ2n) is 7.30. The zero-order valence-electron chi connectivity index (χ0n) is 16.0. The number of anilines is 1. The molecule has 0 amide bonds. The minimum Gasteiger partial charge on any atom is -0.373 e. The number of nitrogens with zero attached hydrogens (tertiary/aromatic N) is 4. The summed E-state index contributed by atoms with van der Waals surface area (Å²) in [5.74, 6) is 1.36. The van der Waals surface area contributed by atoms with Crippen LogP contribution in [0.25, 0.3) is 0 Å². The molecule has 7 nitrogen and oxygen atoms in total. The molecule has 0 unspecified atom stereocenters. The fraction of sp³-hybridized carbons (Fsp3) is 0.474. The predicted molar refractivity (Wildman–Crippen MR) is 109 cm³/mol. The highest BCUT2D eigenvalue weighted by Crippen LogP contribution is 2.38. The molecule has 3 heterocycles. The molecule has 0 spiro atoms. The van der Waals surface area contributed by atoms with E-state index < -0.39 is 10.0 Å². The van der Waals surface area contributed by atoms with E-state index in [1.54, 1.807) is 24.3 Å². The van der Waals surface area contributed by atoms with Crippen LogP contribution in [0.5, 0.6) is 0 Å². The minimum absolute atomic E-state index is 0.134. The lowest BCUT2D eigenvalue weighted by Crippen LogP contribution is -2.33. The third-order valence-electron chi connectivity index (χ3n) is 5.44. The first-order chi connectivity index (χ1) is 13.4. The van der Waals surface area contributed by atoms with Gasteiger partial charge in [0.15, 0.2) is 0 Å². The van der Waals surface area contributed by atoms with Gasteiger partial charge in [-0.2, -0.15) is 4.31 Å². The van der Waals surface area contributed by atoms with Gasteiger partial charge in [0.2, 0.25) is 10.0 Å². The van der Waals surface area contributed by atoms with Gasteiger partial charge in [0.05, 0.1) is 16.8 Å². The van der Waals surface area contributed by atoms with Crippen molar-refractivity contribution in [3.05, 3.63) is 46.4 Å². The Kier molecular flexibility index (Phi) is 5.30. The molecule has 2 aromatic rings. The van der Waals surface area contributed by atoms with Gasteiger partial charge in [-0.1, -0.05) is 23.7 Å². The number of rotatable bonds is 4. The summed E-state index contributed by atoms with van der Waals surface area (Å²) in [7, 11) is 0.180. The number of fused-ring (bicyclic) bond motifs is 1. The Hall–Kier alpha value is -1.74. The number of aromatic nitrogens is 2. The van der Waals surface area contributed by atoms with Gasteiger partial charge in [-0.15, -0.1) is 0 Å². The monoisotopic (exact) mass is 421 g/mol. The normalized spacial score (nSPS) is 20.9. The third kappa shape index (κ3) is 3.39. The van der Waals surface area contributed by atoms with Crippen LogP contribution in [0.15, 0.2) is 29.2 Å². The molecule has 1 fully saturated rings. The highest BCUT2D eigenvalue weighted by molar-refractivity contribution is 7.89. The van der Waals surface area contributed by atoms with Gasteiger partial charge in [-0.25, -0.2) is 18.4 Å². The first-order valence-corrected chi connectivity index (χ1v) is 11.3. The second-order valence-corrected chi connectivity index (χ2v) is 9.56. The Labute approximate surface area is 170 Å². The van der Waals surface area contributed by atoms with Crippen LogP contribution >= 0.6 is 11.6 Å². The minimum atomic E-state index is -3.73. The summed E-state index contributed by atoms with van der Waals surface area (Å²) < 4.78 is 28.1. The average molecular weight is 422 g/mol. The Balaban J connectivity index is 1.75. The quantitative estimate of drug-likeness (QED) is 0.817. The van der Waals surface area contributed by atoms with Crippen molar-refractivity contribution in [3.8, 4) is 0 Å². The summed E-state index contributed by atoms with van der Waals surface area (Å²) in [6.45, 7) is 2.14. The Morgan fingerprint density at radius 2 is 2.00 bits per heavy atom. The lowest BCUT2D eigenvalue weighted by molar-refractivity contribution is 0.304. The number of hydrogen-bond donors (Lipinski definition) is 1. The van der Waals surface area contributed by atoms with Crippen LogP contribution in [0, 0.1) is 0 Å². The van der Waals surface area contributed by atoms with E-state index in [1.165, 1.54) is 4.31 Å². The van der Waals surface area contributed by atoms with Gasteiger partial charge in [-0.3, -0.25) is 0 Å². The van der Waals surface area contributed by atoms with Crippen LogP contribution in [-0.4, -0.2) is 54.8 Å². The third-order valence-corrected chi connectivity index (χ3v) is 7.84. The molecule has 0 saturated carbocycles. The molecular formula is C19H24ClN5O2S. The molecule has 1 saturated heterocycles. The summed E-state index contributed by atoms with van der Waals surface area (Å²) in [6, 6.07) is 6.18. The van der Waals surface area contributed by atoms with Crippen molar-refractivity contribution in [2.45, 2.75) is 36.7 Å². The number of likely N-dealkylation sites (N-methyl/N-ethyl adjacent to an activating group) is 1. The van der Waals surface area contributed by atoms with Crippen molar-refractivity contribution >= 4 is 27.4 Å². The molecule has 1 aromatic heterocycles. The van der Waals surface area contributed by atoms with Gasteiger partial charge in [0.25, 0.3) is 0 Å². The fourth-order valence-corrected chi connectivity index (χ4v) is 6.15. The van der Waals surface area contributed by atoms with Crippen LogP contribution in [0.3, 0.4) is 0 Å². The molecule has 28 heavy (non-hydrogen) atoms. The van der Waals surface area contributed by atoms with Crippen LogP contribution in [0.2, 0.25) is 5.02 Å². The van der Waals surface area contributed by atoms with Gasteiger partial charge in [-0.05, 0) is 38.4 Å². The maximum absolute atomic E-state index is 13.3. The number of hydrogen-bond acceptors (Lipinski definition) is 6. The van der Waals surface area contributed by atoms with E-state index in [0.29, 0.717) is 18.8 Å². The van der Waals surface area contributed by atoms with Gasteiger partial charge < -0.3 is 10.2 Å². The molecule has 1 aromatic carbocycles. The highest BCUT2D eigenvalue weighted by atomic mass is 35.5. The molecule has 1 N–H and O–H groups in total. The van der Waals surface area contributed by atoms with Crippen molar-refractivity contribution in [2.75, 3.05) is 32.5 Å². The summed E-state index contributed by atoms with van der Waals surface area (Å²) in [5.41, 5.74) is 2.10. The van der Waals surface area contributed by atoms with Gasteiger partial charge in [0.1, 0.15) is 16.5 Å². The van der Waals surface area contributed by atoms with E-state index in [9.17, 15) is 8.42 Å². The van der Waals surface area contributed by atoms with E-state index in [2.05, 4.69) is 17.3 Å². The molecule has 150 valence electrons. The molecule has 0 bridgehead atoms. The Morgan fingerprint density at radius 1 is 1.21 bits per heavy atom. The maximum atomic E-state index is 13.3. The predicted octanol–water partition coefficient (Wildman–Crippen LogP) is 2.69. The number of benzene rings is 1. The summed E-state index contributed by atoms with van der Waals surface area (Å²) in [5, 5.41) is 3.40. The van der Waals surface area contributed by atoms with Crippen molar-refractivity contribution in [3.63, 3.8) is 0 Å². The van der Waals surface area contributed by atoms with Gasteiger partial charge in [0, 0.05) is 32.2 Å². The zero-order chi connectivity index (χ0) is 19.9. The molecular weight excluding hydrogens is 398 g/mol. The smallest absolute Gasteiger partial charge is 0.245 e. The number of halogens is 1. The standard InChI is InChI=1S/C19H24ClN5O2S/c1-21-18-13-9-11-24(2)12-15(13)22-19(23-18)16-7-5-10-25(16)28(26,27)17-8-4-3-6-14(17)20/h3-4,6,8,16H,5,7,9-12H2,1-2H3,(H,21,22,23)/t16-/m0/s1. The van der Waals surface area contributed by atoms with Crippen LogP contribution in [0.4, 0.5) is 5.82 Å². The SMILES string of the molecule is CNc1nc([C@@H]2CCCN2S(=O)(=O)c2ccccc2Cl)nc2c1CCN(C)C2. The van der Waals surface area contributed by atoms with Crippen molar-refractivity contribution in [1.82, 2.24) is 19.2 Å². The van der Waals surface area contributed by atoms with E-state index >= 15 is 0 Å². The van der Waals surface area contributed by atoms with Crippen molar-refractivity contribution < 1.29 is 8.42 Å². The van der Waals surface area contributed by atoms with Gasteiger partial charge >= 0.3 is 0 Å². The lowest BCUT2D eigenvalue weighted by Gasteiger charge is -2.28. The molecule has 9 heteroatoms. The lowest BCUT2D eigenvalue weighted by atomic mass is 10.1. The number of sulfonamides is 1. The molecule has 2 aliphatic rings. The van der Waals surface area contributed by atoms with Crippen LogP contribution in [-0.2, 0) is 23.0 Å². The molecule has 1 atom stereocenters. The van der Waals surface area contributed by atoms with E-state index in [-0.39, 0.29) is 16.0 Å². The largest absolute Gasteiger partial charge is 0.373 e. The summed E-state index contributed by atoms with van der Waals surface area (Å²) >= 11 is 6.19. The molecule has 4 rings (SSSR count). The molecule has 0 radical (unpaired) electrons. The summed E-state index contributed by atoms with van der Waals surface area (Å²) in [6.07, 6.45) is 2.35. The second kappa shape index (κ2) is 7.59. The summed E-state index contributed by atoms with van der Waals surface area (Å²) in [4.78, 5) is 11.9. The molecule has 2 aliphatic heterocycles. The Morgan fingerprint density at radius 3 is 2.75 bits per heavy atom. The Bertz CT molecular complexity index is 998. The van der Waals surface area contributed by atoms with Crippen molar-refractivity contribution in [2.24, 2.45) is 0 Å². The maximum Gasteiger partial charge on any atom is 0.245 e. The molecule has 0 aliphatic carbocycles. The first kappa shape index (κ1) is 19.6. The van der Waals surface area contributed by atoms with E-state index in [0.717, 1.165) is 43.0 Å². The van der Waals surface area contributed by atoms with E-state index in [1.807, 2.05) is 7.05 Å².